The average Bonchev–Trinajstić information content (AvgIpc) is 2.71. The highest BCUT2D eigenvalue weighted by Crippen LogP contribution is 2.43. The van der Waals surface area contributed by atoms with Gasteiger partial charge in [-0.15, -0.1) is 0 Å². The maximum Gasteiger partial charge on any atom is 0.294 e. The highest BCUT2D eigenvalue weighted by Gasteiger charge is 2.30. The lowest BCUT2D eigenvalue weighted by Gasteiger charge is -2.36. The minimum absolute atomic E-state index is 0.00617. The lowest BCUT2D eigenvalue weighted by molar-refractivity contribution is 0.0680. The summed E-state index contributed by atoms with van der Waals surface area (Å²) in [6.07, 6.45) is 4.91. The van der Waals surface area contributed by atoms with E-state index < -0.39 is 10.1 Å². The van der Waals surface area contributed by atoms with Gasteiger partial charge in [0, 0.05) is 6.42 Å². The van der Waals surface area contributed by atoms with Crippen LogP contribution in [0.4, 0.5) is 0 Å². The number of hydrogen-bond donors (Lipinski definition) is 1. The molecule has 1 saturated carbocycles. The highest BCUT2D eigenvalue weighted by molar-refractivity contribution is 7.85. The van der Waals surface area contributed by atoms with Crippen LogP contribution in [0.5, 0.6) is 11.5 Å². The molecule has 3 unspecified atom stereocenters. The molecule has 2 aromatic rings. The standard InChI is InChI=1S/C28H40O5S/c1-27(2,3)19-26(28(4,5)6)20-10-12-21(13-11-20)32-23-8-7-9-24(18-23)33-22-14-16-25(17-15-22)34(29,30)31/h10-17,23-24,26H,7-9,18-19H2,1-6H3,(H,29,30,31). The predicted octanol–water partition coefficient (Wildman–Crippen LogP) is 7.27. The molecule has 0 saturated heterocycles. The topological polar surface area (TPSA) is 72.8 Å². The minimum atomic E-state index is -4.20. The van der Waals surface area contributed by atoms with Crippen molar-refractivity contribution < 1.29 is 22.4 Å². The van der Waals surface area contributed by atoms with Gasteiger partial charge in [-0.1, -0.05) is 53.7 Å². The first kappa shape index (κ1) is 26.6. The second-order valence-corrected chi connectivity index (χ2v) is 13.3. The van der Waals surface area contributed by atoms with Crippen molar-refractivity contribution in [3.63, 3.8) is 0 Å². The third kappa shape index (κ3) is 7.74. The van der Waals surface area contributed by atoms with Gasteiger partial charge in [0.05, 0.1) is 4.90 Å². The van der Waals surface area contributed by atoms with E-state index in [4.69, 9.17) is 14.0 Å². The molecule has 1 aliphatic rings. The molecular formula is C28H40O5S. The van der Waals surface area contributed by atoms with Gasteiger partial charge in [0.25, 0.3) is 10.1 Å². The fourth-order valence-electron chi connectivity index (χ4n) is 4.71. The lowest BCUT2D eigenvalue weighted by atomic mass is 9.69. The van der Waals surface area contributed by atoms with Gasteiger partial charge < -0.3 is 9.47 Å². The molecule has 0 aliphatic heterocycles. The molecule has 0 spiro atoms. The summed E-state index contributed by atoms with van der Waals surface area (Å²) in [5, 5.41) is 0. The van der Waals surface area contributed by atoms with Crippen molar-refractivity contribution in [1.82, 2.24) is 0 Å². The zero-order valence-corrected chi connectivity index (χ0v) is 22.2. The van der Waals surface area contributed by atoms with E-state index >= 15 is 0 Å². The van der Waals surface area contributed by atoms with Crippen molar-refractivity contribution in [3.8, 4) is 11.5 Å². The van der Waals surface area contributed by atoms with E-state index in [9.17, 15) is 8.42 Å². The summed E-state index contributed by atoms with van der Waals surface area (Å²) in [5.41, 5.74) is 1.80. The maximum atomic E-state index is 11.2. The maximum absolute atomic E-state index is 11.2. The Labute approximate surface area is 205 Å². The van der Waals surface area contributed by atoms with E-state index in [2.05, 4.69) is 65.8 Å². The lowest BCUT2D eigenvalue weighted by Crippen LogP contribution is -2.32. The molecule has 0 aromatic heterocycles. The van der Waals surface area contributed by atoms with Crippen LogP contribution in [-0.2, 0) is 10.1 Å². The Kier molecular flexibility index (Phi) is 8.03. The number of benzene rings is 2. The Bertz CT molecular complexity index is 1030. The zero-order chi connectivity index (χ0) is 25.1. The monoisotopic (exact) mass is 488 g/mol. The summed E-state index contributed by atoms with van der Waals surface area (Å²) >= 11 is 0. The molecule has 188 valence electrons. The van der Waals surface area contributed by atoms with E-state index in [0.717, 1.165) is 37.9 Å². The van der Waals surface area contributed by atoms with Crippen LogP contribution in [0, 0.1) is 10.8 Å². The van der Waals surface area contributed by atoms with Crippen LogP contribution in [-0.4, -0.2) is 25.2 Å². The third-order valence-corrected chi connectivity index (χ3v) is 7.32. The van der Waals surface area contributed by atoms with Gasteiger partial charge in [-0.05, 0) is 84.4 Å². The molecule has 1 N–H and O–H groups in total. The van der Waals surface area contributed by atoms with Crippen LogP contribution in [0.15, 0.2) is 53.4 Å². The molecule has 3 atom stereocenters. The first-order valence-corrected chi connectivity index (χ1v) is 13.7. The van der Waals surface area contributed by atoms with Crippen LogP contribution in [0.25, 0.3) is 0 Å². The molecule has 1 aliphatic carbocycles. The Hall–Kier alpha value is -2.05. The molecule has 2 aromatic carbocycles. The van der Waals surface area contributed by atoms with E-state index in [0.29, 0.717) is 11.7 Å². The van der Waals surface area contributed by atoms with Gasteiger partial charge in [-0.3, -0.25) is 4.55 Å². The molecule has 0 bridgehead atoms. The quantitative estimate of drug-likeness (QED) is 0.415. The zero-order valence-electron chi connectivity index (χ0n) is 21.4. The second kappa shape index (κ2) is 10.3. The normalized spacial score (nSPS) is 20.6. The third-order valence-electron chi connectivity index (χ3n) is 6.45. The van der Waals surface area contributed by atoms with Gasteiger partial charge in [0.15, 0.2) is 0 Å². The predicted molar refractivity (Wildman–Crippen MR) is 136 cm³/mol. The molecule has 0 amide bonds. The molecule has 0 heterocycles. The number of rotatable bonds is 7. The number of hydrogen-bond acceptors (Lipinski definition) is 4. The van der Waals surface area contributed by atoms with Gasteiger partial charge in [0.1, 0.15) is 23.7 Å². The Morgan fingerprint density at radius 2 is 1.32 bits per heavy atom. The summed E-state index contributed by atoms with van der Waals surface area (Å²) in [6, 6.07) is 14.5. The summed E-state index contributed by atoms with van der Waals surface area (Å²) in [5.74, 6) is 1.95. The van der Waals surface area contributed by atoms with Crippen LogP contribution in [0.3, 0.4) is 0 Å². The second-order valence-electron chi connectivity index (χ2n) is 11.8. The van der Waals surface area contributed by atoms with Gasteiger partial charge in [-0.25, -0.2) is 0 Å². The van der Waals surface area contributed by atoms with E-state index in [1.807, 2.05) is 0 Å². The SMILES string of the molecule is CC(C)(C)CC(c1ccc(OC2CCCC(Oc3ccc(S(=O)(=O)O)cc3)C2)cc1)C(C)(C)C. The van der Waals surface area contributed by atoms with Crippen molar-refractivity contribution in [2.75, 3.05) is 0 Å². The fraction of sp³-hybridized carbons (Fsp3) is 0.571. The first-order valence-electron chi connectivity index (χ1n) is 12.2. The highest BCUT2D eigenvalue weighted by atomic mass is 32.2. The largest absolute Gasteiger partial charge is 0.490 e. The van der Waals surface area contributed by atoms with E-state index in [-0.39, 0.29) is 27.9 Å². The van der Waals surface area contributed by atoms with Crippen LogP contribution in [0.2, 0.25) is 0 Å². The Balaban J connectivity index is 1.61. The summed E-state index contributed by atoms with van der Waals surface area (Å²) < 4.78 is 43.9. The molecule has 3 rings (SSSR count). The fourth-order valence-corrected chi connectivity index (χ4v) is 5.19. The molecule has 0 radical (unpaired) electrons. The van der Waals surface area contributed by atoms with Gasteiger partial charge in [-0.2, -0.15) is 8.42 Å². The summed E-state index contributed by atoms with van der Waals surface area (Å²) in [4.78, 5) is -0.135. The summed E-state index contributed by atoms with van der Waals surface area (Å²) in [7, 11) is -4.20. The van der Waals surface area contributed by atoms with Crippen molar-refractivity contribution in [1.29, 1.82) is 0 Å². The van der Waals surface area contributed by atoms with Crippen molar-refractivity contribution in [3.05, 3.63) is 54.1 Å². The van der Waals surface area contributed by atoms with Crippen molar-refractivity contribution in [2.45, 2.75) is 96.7 Å². The molecule has 34 heavy (non-hydrogen) atoms. The van der Waals surface area contributed by atoms with Crippen LogP contribution < -0.4 is 9.47 Å². The van der Waals surface area contributed by atoms with Crippen molar-refractivity contribution >= 4 is 10.1 Å². The molecule has 6 heteroatoms. The van der Waals surface area contributed by atoms with Crippen LogP contribution >= 0.6 is 0 Å². The Morgan fingerprint density at radius 1 is 0.853 bits per heavy atom. The smallest absolute Gasteiger partial charge is 0.294 e. The summed E-state index contributed by atoms with van der Waals surface area (Å²) in [6.45, 7) is 13.8. The van der Waals surface area contributed by atoms with Crippen LogP contribution in [0.1, 0.15) is 85.1 Å². The van der Waals surface area contributed by atoms with E-state index in [1.165, 1.54) is 17.7 Å². The van der Waals surface area contributed by atoms with Gasteiger partial charge >= 0.3 is 0 Å². The Morgan fingerprint density at radius 3 is 1.74 bits per heavy atom. The number of ether oxygens (including phenoxy) is 2. The molecular weight excluding hydrogens is 448 g/mol. The van der Waals surface area contributed by atoms with Crippen molar-refractivity contribution in [2.24, 2.45) is 10.8 Å². The molecule has 5 nitrogen and oxygen atoms in total. The average molecular weight is 489 g/mol. The first-order chi connectivity index (χ1) is 15.7. The van der Waals surface area contributed by atoms with E-state index in [1.54, 1.807) is 12.1 Å². The minimum Gasteiger partial charge on any atom is -0.490 e. The molecule has 1 fully saturated rings. The van der Waals surface area contributed by atoms with Gasteiger partial charge in [0.2, 0.25) is 0 Å².